The number of nitriles is 1. The normalized spacial score (nSPS) is 10.5. The second kappa shape index (κ2) is 10.4. The van der Waals surface area contributed by atoms with Gasteiger partial charge in [-0.05, 0) is 44.0 Å². The number of anilines is 1. The van der Waals surface area contributed by atoms with Gasteiger partial charge in [0.15, 0.2) is 0 Å². The molecule has 4 aromatic rings. The van der Waals surface area contributed by atoms with Crippen molar-refractivity contribution in [2.24, 2.45) is 0 Å². The van der Waals surface area contributed by atoms with Gasteiger partial charge in [-0.15, -0.1) is 0 Å². The minimum Gasteiger partial charge on any atom is -0.325 e. The highest BCUT2D eigenvalue weighted by Crippen LogP contribution is 2.34. The van der Waals surface area contributed by atoms with Crippen molar-refractivity contribution < 1.29 is 4.79 Å². The molecule has 0 fully saturated rings. The Labute approximate surface area is 204 Å². The average molecular weight is 464 g/mol. The summed E-state index contributed by atoms with van der Waals surface area (Å²) in [5.41, 5.74) is 8.09. The Hall–Kier alpha value is -3.88. The van der Waals surface area contributed by atoms with Crippen LogP contribution in [-0.2, 0) is 4.79 Å². The molecule has 1 aromatic heterocycles. The largest absolute Gasteiger partial charge is 0.325 e. The summed E-state index contributed by atoms with van der Waals surface area (Å²) >= 11 is 1.28. The maximum Gasteiger partial charge on any atom is 0.234 e. The zero-order valence-electron chi connectivity index (χ0n) is 19.4. The first-order chi connectivity index (χ1) is 16.4. The summed E-state index contributed by atoms with van der Waals surface area (Å²) in [6.45, 7) is 6.04. The van der Waals surface area contributed by atoms with Crippen molar-refractivity contribution in [3.63, 3.8) is 0 Å². The molecule has 1 N–H and O–H groups in total. The summed E-state index contributed by atoms with van der Waals surface area (Å²) in [6, 6.07) is 28.2. The highest BCUT2D eigenvalue weighted by atomic mass is 32.2. The second-order valence-corrected chi connectivity index (χ2v) is 9.20. The molecule has 0 unspecified atom stereocenters. The molecule has 0 aliphatic carbocycles. The van der Waals surface area contributed by atoms with Crippen LogP contribution in [0.25, 0.3) is 22.4 Å². The van der Waals surface area contributed by atoms with Gasteiger partial charge in [-0.1, -0.05) is 89.6 Å². The molecule has 1 heterocycles. The van der Waals surface area contributed by atoms with Gasteiger partial charge in [0.05, 0.1) is 17.0 Å². The Morgan fingerprint density at radius 1 is 0.912 bits per heavy atom. The van der Waals surface area contributed by atoms with Crippen LogP contribution in [0.5, 0.6) is 0 Å². The van der Waals surface area contributed by atoms with E-state index in [4.69, 9.17) is 4.98 Å². The lowest BCUT2D eigenvalue weighted by Crippen LogP contribution is -2.15. The first-order valence-corrected chi connectivity index (χ1v) is 12.0. The smallest absolute Gasteiger partial charge is 0.234 e. The molecule has 168 valence electrons. The van der Waals surface area contributed by atoms with Crippen molar-refractivity contribution >= 4 is 23.4 Å². The molecule has 4 nitrogen and oxygen atoms in total. The van der Waals surface area contributed by atoms with Crippen molar-refractivity contribution in [3.8, 4) is 28.5 Å². The predicted molar refractivity (Wildman–Crippen MR) is 140 cm³/mol. The van der Waals surface area contributed by atoms with E-state index in [1.54, 1.807) is 0 Å². The van der Waals surface area contributed by atoms with E-state index in [1.807, 2.05) is 99.6 Å². The summed E-state index contributed by atoms with van der Waals surface area (Å²) in [5, 5.41) is 13.5. The van der Waals surface area contributed by atoms with Gasteiger partial charge < -0.3 is 5.32 Å². The van der Waals surface area contributed by atoms with Crippen LogP contribution in [0.3, 0.4) is 0 Å². The van der Waals surface area contributed by atoms with Gasteiger partial charge in [0.1, 0.15) is 11.1 Å². The molecule has 1 amide bonds. The molecule has 0 aliphatic rings. The maximum atomic E-state index is 12.7. The van der Waals surface area contributed by atoms with Crippen LogP contribution in [0.2, 0.25) is 0 Å². The Morgan fingerprint density at radius 2 is 1.62 bits per heavy atom. The van der Waals surface area contributed by atoms with Crippen LogP contribution in [-0.4, -0.2) is 16.6 Å². The van der Waals surface area contributed by atoms with Crippen molar-refractivity contribution in [3.05, 3.63) is 101 Å². The molecule has 0 radical (unpaired) electrons. The Kier molecular flexibility index (Phi) is 7.10. The summed E-state index contributed by atoms with van der Waals surface area (Å²) in [6.07, 6.45) is 0. The number of amides is 1. The number of benzene rings is 3. The van der Waals surface area contributed by atoms with Crippen LogP contribution >= 0.6 is 11.8 Å². The van der Waals surface area contributed by atoms with Gasteiger partial charge in [0.2, 0.25) is 5.91 Å². The zero-order valence-corrected chi connectivity index (χ0v) is 20.2. The summed E-state index contributed by atoms with van der Waals surface area (Å²) in [5.74, 6) is 0.0188. The molecule has 0 saturated heterocycles. The molecule has 4 rings (SSSR count). The fraction of sp³-hybridized carbons (Fsp3) is 0.138. The van der Waals surface area contributed by atoms with Crippen LogP contribution in [0.1, 0.15) is 22.3 Å². The number of rotatable bonds is 6. The monoisotopic (exact) mass is 463 g/mol. The van der Waals surface area contributed by atoms with Gasteiger partial charge >= 0.3 is 0 Å². The van der Waals surface area contributed by atoms with E-state index in [0.717, 1.165) is 39.2 Å². The number of nitrogens with zero attached hydrogens (tertiary/aromatic N) is 2. The molecule has 3 aromatic carbocycles. The van der Waals surface area contributed by atoms with Crippen molar-refractivity contribution in [2.75, 3.05) is 11.1 Å². The number of nitrogens with one attached hydrogen (secondary N) is 1. The van der Waals surface area contributed by atoms with E-state index in [-0.39, 0.29) is 11.7 Å². The number of pyridine rings is 1. The third kappa shape index (κ3) is 5.36. The highest BCUT2D eigenvalue weighted by Gasteiger charge is 2.17. The third-order valence-corrected chi connectivity index (χ3v) is 6.50. The van der Waals surface area contributed by atoms with Gasteiger partial charge in [-0.25, -0.2) is 4.98 Å². The second-order valence-electron chi connectivity index (χ2n) is 8.23. The number of aryl methyl sites for hydroxylation is 3. The molecule has 34 heavy (non-hydrogen) atoms. The first-order valence-electron chi connectivity index (χ1n) is 11.0. The van der Waals surface area contributed by atoms with E-state index in [2.05, 4.69) is 11.4 Å². The summed E-state index contributed by atoms with van der Waals surface area (Å²) < 4.78 is 0. The van der Waals surface area contributed by atoms with Crippen molar-refractivity contribution in [1.29, 1.82) is 5.26 Å². The molecule has 0 atom stereocenters. The number of hydrogen-bond acceptors (Lipinski definition) is 4. The number of carbonyl (C=O) groups excluding carboxylic acids is 1. The number of carbonyl (C=O) groups is 1. The minimum atomic E-state index is -0.135. The molecular formula is C29H25N3OS. The van der Waals surface area contributed by atoms with E-state index in [9.17, 15) is 10.1 Å². The van der Waals surface area contributed by atoms with E-state index >= 15 is 0 Å². The molecular weight excluding hydrogens is 438 g/mol. The SMILES string of the molecule is Cc1ccc(-c2cc(-c3ccccc3)c(C#N)c(SCC(=O)Nc3ccc(C)cc3C)n2)cc1. The molecule has 0 spiro atoms. The molecule has 0 bridgehead atoms. The number of aromatic nitrogens is 1. The minimum absolute atomic E-state index is 0.135. The van der Waals surface area contributed by atoms with E-state index < -0.39 is 0 Å². The average Bonchev–Trinajstić information content (AvgIpc) is 2.85. The topological polar surface area (TPSA) is 65.8 Å². The van der Waals surface area contributed by atoms with Crippen LogP contribution in [0.15, 0.2) is 83.9 Å². The molecule has 5 heteroatoms. The maximum absolute atomic E-state index is 12.7. The Bertz CT molecular complexity index is 1370. The molecule has 0 aliphatic heterocycles. The van der Waals surface area contributed by atoms with Gasteiger partial charge in [-0.3, -0.25) is 4.79 Å². The number of thioether (sulfide) groups is 1. The van der Waals surface area contributed by atoms with E-state index in [1.165, 1.54) is 17.3 Å². The van der Waals surface area contributed by atoms with E-state index in [0.29, 0.717) is 10.6 Å². The Morgan fingerprint density at radius 3 is 2.29 bits per heavy atom. The highest BCUT2D eigenvalue weighted by molar-refractivity contribution is 8.00. The summed E-state index contributed by atoms with van der Waals surface area (Å²) in [4.78, 5) is 17.5. The third-order valence-electron chi connectivity index (χ3n) is 5.53. The van der Waals surface area contributed by atoms with Crippen molar-refractivity contribution in [2.45, 2.75) is 25.8 Å². The lowest BCUT2D eigenvalue weighted by Gasteiger charge is -2.13. The van der Waals surface area contributed by atoms with Crippen LogP contribution in [0.4, 0.5) is 5.69 Å². The van der Waals surface area contributed by atoms with Gasteiger partial charge in [0, 0.05) is 16.8 Å². The van der Waals surface area contributed by atoms with Gasteiger partial charge in [-0.2, -0.15) is 5.26 Å². The number of hydrogen-bond donors (Lipinski definition) is 1. The lowest BCUT2D eigenvalue weighted by atomic mass is 9.99. The lowest BCUT2D eigenvalue weighted by molar-refractivity contribution is -0.113. The predicted octanol–water partition coefficient (Wildman–Crippen LogP) is 6.94. The standard InChI is InChI=1S/C29H25N3OS/c1-19-9-12-23(13-10-19)27-16-24(22-7-5-4-6-8-22)25(17-30)29(32-27)34-18-28(33)31-26-14-11-20(2)15-21(26)3/h4-16H,18H2,1-3H3,(H,31,33). The van der Waals surface area contributed by atoms with Crippen LogP contribution in [0, 0.1) is 32.1 Å². The fourth-order valence-corrected chi connectivity index (χ4v) is 4.53. The fourth-order valence-electron chi connectivity index (χ4n) is 3.73. The van der Waals surface area contributed by atoms with Gasteiger partial charge in [0.25, 0.3) is 0 Å². The van der Waals surface area contributed by atoms with Crippen molar-refractivity contribution in [1.82, 2.24) is 4.98 Å². The van der Waals surface area contributed by atoms with Crippen LogP contribution < -0.4 is 5.32 Å². The molecule has 0 saturated carbocycles. The summed E-state index contributed by atoms with van der Waals surface area (Å²) in [7, 11) is 0. The quantitative estimate of drug-likeness (QED) is 0.314. The zero-order chi connectivity index (χ0) is 24.1. The first kappa shape index (κ1) is 23.3. The Balaban J connectivity index is 1.67.